The van der Waals surface area contributed by atoms with E-state index in [2.05, 4.69) is 4.98 Å². The molecule has 0 aliphatic carbocycles. The normalized spacial score (nSPS) is 10.7. The van der Waals surface area contributed by atoms with Gasteiger partial charge in [-0.15, -0.1) is 0 Å². The molecule has 0 saturated carbocycles. The first-order chi connectivity index (χ1) is 9.72. The molecule has 100 valence electrons. The minimum atomic E-state index is 0.0296. The predicted molar refractivity (Wildman–Crippen MR) is 78.7 cm³/mol. The maximum atomic E-state index is 11.3. The van der Waals surface area contributed by atoms with Crippen molar-refractivity contribution in [1.82, 2.24) is 4.98 Å². The van der Waals surface area contributed by atoms with Crippen molar-refractivity contribution >= 4 is 28.5 Å². The summed E-state index contributed by atoms with van der Waals surface area (Å²) in [4.78, 5) is 15.8. The number of carbonyl (C=O) groups excluding carboxylic acids is 1. The van der Waals surface area contributed by atoms with Crippen molar-refractivity contribution in [2.45, 2.75) is 0 Å². The Hall–Kier alpha value is -2.40. The van der Waals surface area contributed by atoms with E-state index >= 15 is 0 Å². The lowest BCUT2D eigenvalue weighted by Gasteiger charge is -2.08. The van der Waals surface area contributed by atoms with Crippen molar-refractivity contribution in [3.05, 3.63) is 40.6 Å². The first-order valence-electron chi connectivity index (χ1n) is 5.92. The molecule has 2 heterocycles. The zero-order valence-electron chi connectivity index (χ0n) is 10.7. The first kappa shape index (κ1) is 12.6. The van der Waals surface area contributed by atoms with Crippen molar-refractivity contribution in [1.29, 1.82) is 0 Å². The van der Waals surface area contributed by atoms with Crippen molar-refractivity contribution < 1.29 is 14.6 Å². The third kappa shape index (κ3) is 2.02. The molecular formula is C15H11NO3S. The Morgan fingerprint density at radius 1 is 1.35 bits per heavy atom. The molecule has 1 aromatic carbocycles. The number of hydrogen-bond donors (Lipinski definition) is 1. The fourth-order valence-corrected chi connectivity index (χ4v) is 2.73. The summed E-state index contributed by atoms with van der Waals surface area (Å²) in [5.41, 5.74) is 2.72. The van der Waals surface area contributed by atoms with Crippen LogP contribution in [0.2, 0.25) is 0 Å². The van der Waals surface area contributed by atoms with Gasteiger partial charge in [-0.25, -0.2) is 4.98 Å². The molecule has 0 fully saturated rings. The summed E-state index contributed by atoms with van der Waals surface area (Å²) in [5.74, 6) is 0.391. The van der Waals surface area contributed by atoms with E-state index in [1.165, 1.54) is 7.11 Å². The Bertz CT molecular complexity index is 781. The van der Waals surface area contributed by atoms with Crippen LogP contribution >= 0.6 is 11.3 Å². The molecule has 3 aromatic rings. The second-order valence-corrected chi connectivity index (χ2v) is 5.05. The number of carbonyl (C=O) groups is 1. The van der Waals surface area contributed by atoms with Gasteiger partial charge in [-0.3, -0.25) is 4.79 Å². The Labute approximate surface area is 119 Å². The van der Waals surface area contributed by atoms with Crippen LogP contribution in [0.1, 0.15) is 10.4 Å². The monoisotopic (exact) mass is 285 g/mol. The highest BCUT2D eigenvalue weighted by Crippen LogP contribution is 2.33. The van der Waals surface area contributed by atoms with Crippen LogP contribution in [0.15, 0.2) is 35.0 Å². The summed E-state index contributed by atoms with van der Waals surface area (Å²) in [6.45, 7) is 0. The summed E-state index contributed by atoms with van der Waals surface area (Å²) in [6, 6.07) is 6.85. The molecule has 3 rings (SSSR count). The highest BCUT2D eigenvalue weighted by atomic mass is 32.1. The van der Waals surface area contributed by atoms with E-state index in [-0.39, 0.29) is 5.75 Å². The van der Waals surface area contributed by atoms with Gasteiger partial charge in [0.15, 0.2) is 17.8 Å². The molecule has 0 atom stereocenters. The summed E-state index contributed by atoms with van der Waals surface area (Å²) < 4.78 is 5.08. The number of phenols is 1. The maximum Gasteiger partial charge on any atom is 0.162 e. The molecule has 0 aliphatic rings. The Morgan fingerprint density at radius 2 is 2.20 bits per heavy atom. The second kappa shape index (κ2) is 4.94. The molecule has 0 bridgehead atoms. The smallest absolute Gasteiger partial charge is 0.162 e. The number of benzene rings is 1. The Morgan fingerprint density at radius 3 is 2.85 bits per heavy atom. The molecule has 1 N–H and O–H groups in total. The first-order valence-corrected chi connectivity index (χ1v) is 6.86. The zero-order chi connectivity index (χ0) is 14.1. The van der Waals surface area contributed by atoms with Gasteiger partial charge < -0.3 is 9.84 Å². The minimum Gasteiger partial charge on any atom is -0.504 e. The Kier molecular flexibility index (Phi) is 3.12. The van der Waals surface area contributed by atoms with Crippen LogP contribution in [0.5, 0.6) is 11.5 Å². The molecule has 20 heavy (non-hydrogen) atoms. The number of thiophene rings is 1. The number of methoxy groups -OCH3 is 1. The van der Waals surface area contributed by atoms with Crippen LogP contribution in [-0.4, -0.2) is 23.5 Å². The van der Waals surface area contributed by atoms with Crippen LogP contribution in [0.25, 0.3) is 22.2 Å². The number of ether oxygens (including phenoxy) is 1. The van der Waals surface area contributed by atoms with Crippen LogP contribution < -0.4 is 4.74 Å². The predicted octanol–water partition coefficient (Wildman–Crippen LogP) is 3.49. The van der Waals surface area contributed by atoms with E-state index in [1.54, 1.807) is 29.5 Å². The third-order valence-electron chi connectivity index (χ3n) is 3.07. The second-order valence-electron chi connectivity index (χ2n) is 4.27. The minimum absolute atomic E-state index is 0.0296. The van der Waals surface area contributed by atoms with Crippen LogP contribution in [-0.2, 0) is 0 Å². The Balaban J connectivity index is 2.30. The van der Waals surface area contributed by atoms with Crippen molar-refractivity contribution in [2.24, 2.45) is 0 Å². The van der Waals surface area contributed by atoms with E-state index in [1.807, 2.05) is 16.8 Å². The molecule has 0 radical (unpaired) electrons. The molecule has 2 aromatic heterocycles. The number of aldehydes is 1. The average Bonchev–Trinajstić information content (AvgIpc) is 2.99. The quantitative estimate of drug-likeness (QED) is 0.748. The van der Waals surface area contributed by atoms with E-state index in [4.69, 9.17) is 4.74 Å². The molecule has 0 unspecified atom stereocenters. The largest absolute Gasteiger partial charge is 0.504 e. The molecule has 0 amide bonds. The topological polar surface area (TPSA) is 59.4 Å². The third-order valence-corrected chi connectivity index (χ3v) is 3.75. The summed E-state index contributed by atoms with van der Waals surface area (Å²) >= 11 is 1.55. The highest BCUT2D eigenvalue weighted by molar-refractivity contribution is 7.08. The van der Waals surface area contributed by atoms with E-state index in [0.717, 1.165) is 11.8 Å². The number of aromatic hydroxyl groups is 1. The molecular weight excluding hydrogens is 274 g/mol. The lowest BCUT2D eigenvalue weighted by Crippen LogP contribution is -1.93. The fraction of sp³-hybridized carbons (Fsp3) is 0.0667. The van der Waals surface area contributed by atoms with Gasteiger partial charge in [0.25, 0.3) is 0 Å². The lowest BCUT2D eigenvalue weighted by molar-refractivity contribution is 0.112. The van der Waals surface area contributed by atoms with Gasteiger partial charge in [-0.1, -0.05) is 0 Å². The summed E-state index contributed by atoms with van der Waals surface area (Å²) in [7, 11) is 1.49. The SMILES string of the molecule is COc1cc2nc(-c3ccsc3)c(C=O)cc2cc1O. The van der Waals surface area contributed by atoms with Gasteiger partial charge in [0.05, 0.1) is 18.3 Å². The molecule has 4 nitrogen and oxygen atoms in total. The fourth-order valence-electron chi connectivity index (χ4n) is 2.09. The van der Waals surface area contributed by atoms with Gasteiger partial charge in [0.2, 0.25) is 0 Å². The molecule has 5 heteroatoms. The van der Waals surface area contributed by atoms with E-state index in [9.17, 15) is 9.90 Å². The van der Waals surface area contributed by atoms with Crippen molar-refractivity contribution in [2.75, 3.05) is 7.11 Å². The number of nitrogens with zero attached hydrogens (tertiary/aromatic N) is 1. The molecule has 0 aliphatic heterocycles. The number of hydrogen-bond acceptors (Lipinski definition) is 5. The standard InChI is InChI=1S/C15H11NO3S/c1-19-14-6-12-10(5-13(14)18)4-11(7-17)15(16-12)9-2-3-20-8-9/h2-8,18H,1H3. The number of fused-ring (bicyclic) bond motifs is 1. The van der Waals surface area contributed by atoms with Gasteiger partial charge >= 0.3 is 0 Å². The lowest BCUT2D eigenvalue weighted by atomic mass is 10.1. The van der Waals surface area contributed by atoms with Crippen molar-refractivity contribution in [3.8, 4) is 22.8 Å². The van der Waals surface area contributed by atoms with Crippen LogP contribution in [0, 0.1) is 0 Å². The number of rotatable bonds is 3. The van der Waals surface area contributed by atoms with E-state index < -0.39 is 0 Å². The van der Waals surface area contributed by atoms with E-state index in [0.29, 0.717) is 27.9 Å². The maximum absolute atomic E-state index is 11.3. The zero-order valence-corrected chi connectivity index (χ0v) is 11.5. The van der Waals surface area contributed by atoms with Gasteiger partial charge in [-0.05, 0) is 23.6 Å². The van der Waals surface area contributed by atoms with Crippen LogP contribution in [0.3, 0.4) is 0 Å². The molecule has 0 spiro atoms. The number of aromatic nitrogens is 1. The van der Waals surface area contributed by atoms with Gasteiger partial charge in [-0.2, -0.15) is 11.3 Å². The van der Waals surface area contributed by atoms with Crippen molar-refractivity contribution in [3.63, 3.8) is 0 Å². The average molecular weight is 285 g/mol. The van der Waals surface area contributed by atoms with Crippen LogP contribution in [0.4, 0.5) is 0 Å². The highest BCUT2D eigenvalue weighted by Gasteiger charge is 2.12. The number of pyridine rings is 1. The number of phenolic OH excluding ortho intramolecular Hbond substituents is 1. The van der Waals surface area contributed by atoms with Gasteiger partial charge in [0.1, 0.15) is 0 Å². The summed E-state index contributed by atoms with van der Waals surface area (Å²) in [5, 5.41) is 14.4. The summed E-state index contributed by atoms with van der Waals surface area (Å²) in [6.07, 6.45) is 0.778. The van der Waals surface area contributed by atoms with Gasteiger partial charge in [0, 0.05) is 28.0 Å². The molecule has 0 saturated heterocycles.